The Morgan fingerprint density at radius 1 is 1.03 bits per heavy atom. The molecule has 0 bridgehead atoms. The first-order valence-electron chi connectivity index (χ1n) is 11.2. The molecule has 7 heteroatoms. The van der Waals surface area contributed by atoms with E-state index < -0.39 is 0 Å². The van der Waals surface area contributed by atoms with Crippen molar-refractivity contribution in [2.75, 3.05) is 6.61 Å². The number of benzene rings is 3. The molecule has 35 heavy (non-hydrogen) atoms. The first-order valence-corrected chi connectivity index (χ1v) is 11.2. The van der Waals surface area contributed by atoms with Gasteiger partial charge in [0.1, 0.15) is 34.9 Å². The van der Waals surface area contributed by atoms with Gasteiger partial charge >= 0.3 is 0 Å². The van der Waals surface area contributed by atoms with E-state index >= 15 is 0 Å². The fraction of sp³-hybridized carbons (Fsp3) is 0.143. The number of phenolic OH excluding ortho intramolecular Hbond substituents is 1. The van der Waals surface area contributed by atoms with Crippen LogP contribution in [-0.2, 0) is 12.8 Å². The molecule has 176 valence electrons. The number of oxazole rings is 1. The Morgan fingerprint density at radius 3 is 2.66 bits per heavy atom. The topological polar surface area (TPSA) is 85.7 Å². The van der Waals surface area contributed by atoms with Crippen molar-refractivity contribution < 1.29 is 23.1 Å². The van der Waals surface area contributed by atoms with Gasteiger partial charge in [-0.15, -0.1) is 0 Å². The van der Waals surface area contributed by atoms with Crippen LogP contribution in [0.1, 0.15) is 18.2 Å². The molecule has 1 N–H and O–H groups in total. The highest BCUT2D eigenvalue weighted by molar-refractivity contribution is 5.82. The molecule has 3 aromatic carbocycles. The van der Waals surface area contributed by atoms with Crippen molar-refractivity contribution >= 4 is 11.0 Å². The van der Waals surface area contributed by atoms with Gasteiger partial charge in [0, 0.05) is 18.1 Å². The van der Waals surface area contributed by atoms with Gasteiger partial charge in [-0.2, -0.15) is 0 Å². The summed E-state index contributed by atoms with van der Waals surface area (Å²) < 4.78 is 31.1. The molecule has 5 aromatic rings. The predicted octanol–water partition coefficient (Wildman–Crippen LogP) is 6.14. The number of hydrogen-bond acceptors (Lipinski definition) is 6. The minimum absolute atomic E-state index is 0.127. The van der Waals surface area contributed by atoms with Gasteiger partial charge in [-0.25, -0.2) is 9.37 Å². The lowest BCUT2D eigenvalue weighted by atomic mass is 10.1. The zero-order chi connectivity index (χ0) is 24.4. The second kappa shape index (κ2) is 9.46. The van der Waals surface area contributed by atoms with Gasteiger partial charge in [0.2, 0.25) is 5.89 Å². The standard InChI is InChI=1S/C28H22FNO5/c1-2-17-11-19(13-20(29)12-17)28-30-15-23(35-28)9-10-33-22-7-8-24-26(14-22)34-16-25(27(24)32)18-3-5-21(31)6-4-18/h3-8,11-16,31H,2,9-10H2,1H3. The third kappa shape index (κ3) is 4.80. The van der Waals surface area contributed by atoms with E-state index in [1.165, 1.54) is 30.5 Å². The summed E-state index contributed by atoms with van der Waals surface area (Å²) in [5.41, 5.74) is 2.80. The van der Waals surface area contributed by atoms with Crippen LogP contribution < -0.4 is 10.2 Å². The van der Waals surface area contributed by atoms with Crippen LogP contribution in [0.25, 0.3) is 33.6 Å². The first-order chi connectivity index (χ1) is 17.0. The summed E-state index contributed by atoms with van der Waals surface area (Å²) in [7, 11) is 0. The molecule has 0 atom stereocenters. The number of ether oxygens (including phenoxy) is 1. The molecule has 5 rings (SSSR count). The minimum atomic E-state index is -0.319. The van der Waals surface area contributed by atoms with Crippen molar-refractivity contribution in [2.45, 2.75) is 19.8 Å². The largest absolute Gasteiger partial charge is 0.508 e. The second-order valence-corrected chi connectivity index (χ2v) is 8.12. The van der Waals surface area contributed by atoms with E-state index in [1.54, 1.807) is 36.5 Å². The molecule has 0 aliphatic carbocycles. The zero-order valence-electron chi connectivity index (χ0n) is 19.0. The number of aromatic nitrogens is 1. The summed E-state index contributed by atoms with van der Waals surface area (Å²) in [4.78, 5) is 17.2. The summed E-state index contributed by atoms with van der Waals surface area (Å²) in [6.45, 7) is 2.28. The summed E-state index contributed by atoms with van der Waals surface area (Å²) in [5.74, 6) is 1.34. The third-order valence-corrected chi connectivity index (χ3v) is 5.71. The van der Waals surface area contributed by atoms with Gasteiger partial charge < -0.3 is 18.7 Å². The average molecular weight is 471 g/mol. The lowest BCUT2D eigenvalue weighted by Crippen LogP contribution is -2.05. The molecule has 0 saturated heterocycles. The maximum absolute atomic E-state index is 13.8. The maximum atomic E-state index is 13.8. The molecule has 0 aliphatic rings. The van der Waals surface area contributed by atoms with E-state index in [9.17, 15) is 14.3 Å². The number of rotatable bonds is 7. The average Bonchev–Trinajstić information content (AvgIpc) is 3.34. The highest BCUT2D eigenvalue weighted by Gasteiger charge is 2.12. The number of nitrogens with zero attached hydrogens (tertiary/aromatic N) is 1. The summed E-state index contributed by atoms with van der Waals surface area (Å²) in [6.07, 6.45) is 4.20. The molecule has 6 nitrogen and oxygen atoms in total. The highest BCUT2D eigenvalue weighted by atomic mass is 19.1. The maximum Gasteiger partial charge on any atom is 0.226 e. The van der Waals surface area contributed by atoms with Crippen LogP contribution >= 0.6 is 0 Å². The van der Waals surface area contributed by atoms with Crippen molar-refractivity contribution in [3.05, 3.63) is 100 Å². The molecular weight excluding hydrogens is 449 g/mol. The zero-order valence-corrected chi connectivity index (χ0v) is 19.0. The summed E-state index contributed by atoms with van der Waals surface area (Å²) in [5, 5.41) is 9.90. The van der Waals surface area contributed by atoms with E-state index in [0.29, 0.717) is 58.1 Å². The highest BCUT2D eigenvalue weighted by Crippen LogP contribution is 2.25. The van der Waals surface area contributed by atoms with Crippen molar-refractivity contribution in [2.24, 2.45) is 0 Å². The Balaban J connectivity index is 1.27. The number of hydrogen-bond donors (Lipinski definition) is 1. The van der Waals surface area contributed by atoms with Gasteiger partial charge in [-0.05, 0) is 60.0 Å². The predicted molar refractivity (Wildman–Crippen MR) is 130 cm³/mol. The van der Waals surface area contributed by atoms with Crippen LogP contribution in [0.2, 0.25) is 0 Å². The van der Waals surface area contributed by atoms with Crippen LogP contribution in [0.4, 0.5) is 4.39 Å². The van der Waals surface area contributed by atoms with Crippen LogP contribution in [-0.4, -0.2) is 16.7 Å². The van der Waals surface area contributed by atoms with Gasteiger partial charge in [0.05, 0.1) is 23.8 Å². The quantitative estimate of drug-likeness (QED) is 0.307. The minimum Gasteiger partial charge on any atom is -0.508 e. The molecule has 2 aromatic heterocycles. The Morgan fingerprint density at radius 2 is 1.86 bits per heavy atom. The number of phenols is 1. The van der Waals surface area contributed by atoms with Crippen molar-refractivity contribution in [1.82, 2.24) is 4.98 Å². The Bertz CT molecular complexity index is 1550. The van der Waals surface area contributed by atoms with Gasteiger partial charge in [-0.1, -0.05) is 19.1 Å². The summed E-state index contributed by atoms with van der Waals surface area (Å²) in [6, 6.07) is 16.2. The van der Waals surface area contributed by atoms with E-state index in [4.69, 9.17) is 13.6 Å². The number of aromatic hydroxyl groups is 1. The molecule has 2 heterocycles. The molecular formula is C28H22FNO5. The third-order valence-electron chi connectivity index (χ3n) is 5.71. The lowest BCUT2D eigenvalue weighted by Gasteiger charge is -2.07. The van der Waals surface area contributed by atoms with Crippen LogP contribution in [0.5, 0.6) is 11.5 Å². The van der Waals surface area contributed by atoms with Crippen LogP contribution in [0.15, 0.2) is 86.8 Å². The smallest absolute Gasteiger partial charge is 0.226 e. The summed E-state index contributed by atoms with van der Waals surface area (Å²) >= 11 is 0. The van der Waals surface area contributed by atoms with Crippen molar-refractivity contribution in [3.63, 3.8) is 0 Å². The lowest BCUT2D eigenvalue weighted by molar-refractivity contribution is 0.310. The molecule has 0 radical (unpaired) electrons. The number of halogens is 1. The molecule has 0 spiro atoms. The molecule has 0 saturated carbocycles. The monoisotopic (exact) mass is 471 g/mol. The van der Waals surface area contributed by atoms with E-state index in [1.807, 2.05) is 13.0 Å². The van der Waals surface area contributed by atoms with E-state index in [0.717, 1.165) is 12.0 Å². The number of aryl methyl sites for hydroxylation is 1. The van der Waals surface area contributed by atoms with Gasteiger partial charge in [0.15, 0.2) is 5.43 Å². The SMILES string of the molecule is CCc1cc(F)cc(-c2ncc(CCOc3ccc4c(=O)c(-c5ccc(O)cc5)coc4c3)o2)c1. The van der Waals surface area contributed by atoms with Gasteiger partial charge in [-0.3, -0.25) is 4.79 Å². The molecule has 0 amide bonds. The fourth-order valence-electron chi connectivity index (χ4n) is 3.84. The molecule has 0 aliphatic heterocycles. The molecule has 0 unspecified atom stereocenters. The normalized spacial score (nSPS) is 11.1. The Kier molecular flexibility index (Phi) is 6.06. The van der Waals surface area contributed by atoms with Crippen LogP contribution in [0.3, 0.4) is 0 Å². The first kappa shape index (κ1) is 22.4. The Labute approximate surface area is 200 Å². The number of fused-ring (bicyclic) bond motifs is 1. The van der Waals surface area contributed by atoms with E-state index in [-0.39, 0.29) is 17.0 Å². The Hall–Kier alpha value is -4.39. The van der Waals surface area contributed by atoms with Crippen molar-refractivity contribution in [3.8, 4) is 34.1 Å². The fourth-order valence-corrected chi connectivity index (χ4v) is 3.84. The van der Waals surface area contributed by atoms with Gasteiger partial charge in [0.25, 0.3) is 0 Å². The van der Waals surface area contributed by atoms with Crippen LogP contribution in [0, 0.1) is 5.82 Å². The van der Waals surface area contributed by atoms with E-state index in [2.05, 4.69) is 4.98 Å². The second-order valence-electron chi connectivity index (χ2n) is 8.12. The van der Waals surface area contributed by atoms with Crippen molar-refractivity contribution in [1.29, 1.82) is 0 Å². The molecule has 0 fully saturated rings.